The molecule has 0 amide bonds. The number of benzene rings is 2. The number of hydrogen-bond donors (Lipinski definition) is 0. The Hall–Kier alpha value is -3.83. The van der Waals surface area contributed by atoms with Gasteiger partial charge in [0, 0.05) is 5.75 Å². The third-order valence-corrected chi connectivity index (χ3v) is 5.76. The maximum atomic E-state index is 13.3. The van der Waals surface area contributed by atoms with Gasteiger partial charge in [-0.05, 0) is 42.0 Å². The molecule has 8 heteroatoms. The average Bonchev–Trinajstić information content (AvgIpc) is 3.32. The molecule has 0 N–H and O–H groups in total. The van der Waals surface area contributed by atoms with Gasteiger partial charge in [-0.15, -0.1) is 0 Å². The SMILES string of the molecule is COC(=O)c1ccc2c(=O)n(Cc3ccco3)c(SCc3ccccc3C#N)nc2c1. The second kappa shape index (κ2) is 8.90. The zero-order valence-corrected chi connectivity index (χ0v) is 17.4. The minimum Gasteiger partial charge on any atom is -0.467 e. The van der Waals surface area contributed by atoms with Crippen LogP contribution in [0.5, 0.6) is 0 Å². The van der Waals surface area contributed by atoms with Gasteiger partial charge >= 0.3 is 5.97 Å². The molecule has 0 aliphatic rings. The minimum absolute atomic E-state index is 0.218. The molecule has 0 aliphatic heterocycles. The fraction of sp³-hybridized carbons (Fsp3) is 0.130. The van der Waals surface area contributed by atoms with E-state index < -0.39 is 5.97 Å². The van der Waals surface area contributed by atoms with Crippen molar-refractivity contribution in [3.63, 3.8) is 0 Å². The number of fused-ring (bicyclic) bond motifs is 1. The van der Waals surface area contributed by atoms with Crippen molar-refractivity contribution < 1.29 is 13.9 Å². The van der Waals surface area contributed by atoms with Crippen LogP contribution in [0.15, 0.2) is 75.2 Å². The van der Waals surface area contributed by atoms with E-state index in [1.165, 1.54) is 18.9 Å². The smallest absolute Gasteiger partial charge is 0.337 e. The summed E-state index contributed by atoms with van der Waals surface area (Å²) >= 11 is 1.34. The summed E-state index contributed by atoms with van der Waals surface area (Å²) in [6.07, 6.45) is 1.55. The van der Waals surface area contributed by atoms with Crippen molar-refractivity contribution in [1.82, 2.24) is 9.55 Å². The number of carbonyl (C=O) groups excluding carboxylic acids is 1. The molecule has 2 heterocycles. The van der Waals surface area contributed by atoms with E-state index in [1.807, 2.05) is 18.2 Å². The molecule has 4 rings (SSSR count). The van der Waals surface area contributed by atoms with E-state index in [1.54, 1.807) is 47.2 Å². The van der Waals surface area contributed by atoms with Crippen LogP contribution in [0.4, 0.5) is 0 Å². The van der Waals surface area contributed by atoms with Crippen LogP contribution in [-0.4, -0.2) is 22.6 Å². The van der Waals surface area contributed by atoms with Gasteiger partial charge in [0.25, 0.3) is 5.56 Å². The summed E-state index contributed by atoms with van der Waals surface area (Å²) in [5.74, 6) is 0.575. The molecule has 0 radical (unpaired) electrons. The summed E-state index contributed by atoms with van der Waals surface area (Å²) in [6, 6.07) is 17.7. The molecular weight excluding hydrogens is 414 g/mol. The summed E-state index contributed by atoms with van der Waals surface area (Å²) in [7, 11) is 1.30. The average molecular weight is 431 g/mol. The standard InChI is InChI=1S/C23H17N3O4S/c1-29-22(28)15-8-9-19-20(11-15)25-23(26(21(19)27)13-18-7-4-10-30-18)31-14-17-6-3-2-5-16(17)12-24/h2-11H,13-14H2,1H3. The van der Waals surface area contributed by atoms with Gasteiger partial charge in [-0.1, -0.05) is 30.0 Å². The lowest BCUT2D eigenvalue weighted by Gasteiger charge is -2.13. The second-order valence-electron chi connectivity index (χ2n) is 6.65. The fourth-order valence-electron chi connectivity index (χ4n) is 3.15. The third-order valence-electron chi connectivity index (χ3n) is 4.73. The van der Waals surface area contributed by atoms with Crippen LogP contribution in [0.25, 0.3) is 10.9 Å². The van der Waals surface area contributed by atoms with Gasteiger partial charge in [-0.25, -0.2) is 9.78 Å². The van der Waals surface area contributed by atoms with Crippen molar-refractivity contribution in [3.8, 4) is 6.07 Å². The molecule has 0 saturated carbocycles. The number of nitriles is 1. The molecule has 4 aromatic rings. The Balaban J connectivity index is 1.80. The number of methoxy groups -OCH3 is 1. The Labute approximate surface area is 181 Å². The van der Waals surface area contributed by atoms with Crippen LogP contribution in [-0.2, 0) is 17.0 Å². The van der Waals surface area contributed by atoms with E-state index in [-0.39, 0.29) is 12.1 Å². The molecule has 2 aromatic heterocycles. The lowest BCUT2D eigenvalue weighted by molar-refractivity contribution is 0.0601. The molecule has 0 bridgehead atoms. The number of ether oxygens (including phenoxy) is 1. The Kier molecular flexibility index (Phi) is 5.87. The van der Waals surface area contributed by atoms with Gasteiger partial charge < -0.3 is 9.15 Å². The number of hydrogen-bond acceptors (Lipinski definition) is 7. The van der Waals surface area contributed by atoms with Gasteiger partial charge in [0.15, 0.2) is 5.16 Å². The summed E-state index contributed by atoms with van der Waals surface area (Å²) < 4.78 is 11.7. The van der Waals surface area contributed by atoms with Crippen LogP contribution in [0.1, 0.15) is 27.2 Å². The highest BCUT2D eigenvalue weighted by Gasteiger charge is 2.16. The van der Waals surface area contributed by atoms with Crippen LogP contribution in [0, 0.1) is 11.3 Å². The number of carbonyl (C=O) groups is 1. The van der Waals surface area contributed by atoms with E-state index in [4.69, 9.17) is 9.15 Å². The molecule has 0 aliphatic carbocycles. The first-order valence-electron chi connectivity index (χ1n) is 9.37. The van der Waals surface area contributed by atoms with E-state index in [2.05, 4.69) is 11.1 Å². The first-order valence-corrected chi connectivity index (χ1v) is 10.4. The van der Waals surface area contributed by atoms with Gasteiger partial charge in [-0.3, -0.25) is 9.36 Å². The third kappa shape index (κ3) is 4.22. The van der Waals surface area contributed by atoms with Crippen molar-refractivity contribution in [1.29, 1.82) is 5.26 Å². The maximum absolute atomic E-state index is 13.3. The molecule has 0 unspecified atom stereocenters. The summed E-state index contributed by atoms with van der Waals surface area (Å²) in [5.41, 5.74) is 1.89. The van der Waals surface area contributed by atoms with E-state index in [0.717, 1.165) is 5.56 Å². The predicted octanol–water partition coefficient (Wildman–Crippen LogP) is 3.99. The Morgan fingerprint density at radius 2 is 2.06 bits per heavy atom. The molecule has 2 aromatic carbocycles. The highest BCUT2D eigenvalue weighted by molar-refractivity contribution is 7.98. The lowest BCUT2D eigenvalue weighted by atomic mass is 10.1. The Bertz CT molecular complexity index is 1350. The molecule has 7 nitrogen and oxygen atoms in total. The summed E-state index contributed by atoms with van der Waals surface area (Å²) in [4.78, 5) is 29.8. The number of rotatable bonds is 6. The fourth-order valence-corrected chi connectivity index (χ4v) is 4.15. The van der Waals surface area contributed by atoms with Crippen LogP contribution < -0.4 is 5.56 Å². The van der Waals surface area contributed by atoms with Gasteiger partial charge in [0.1, 0.15) is 5.76 Å². The molecule has 0 spiro atoms. The summed E-state index contributed by atoms with van der Waals surface area (Å²) in [5, 5.41) is 10.2. The Morgan fingerprint density at radius 3 is 2.81 bits per heavy atom. The number of nitrogens with zero attached hydrogens (tertiary/aromatic N) is 3. The highest BCUT2D eigenvalue weighted by atomic mass is 32.2. The zero-order valence-electron chi connectivity index (χ0n) is 16.6. The number of thioether (sulfide) groups is 1. The van der Waals surface area contributed by atoms with Gasteiger partial charge in [0.05, 0.1) is 48.0 Å². The maximum Gasteiger partial charge on any atom is 0.337 e. The molecular formula is C23H17N3O4S. The monoisotopic (exact) mass is 431 g/mol. The van der Waals surface area contributed by atoms with Crippen molar-refractivity contribution >= 4 is 28.6 Å². The highest BCUT2D eigenvalue weighted by Crippen LogP contribution is 2.25. The van der Waals surface area contributed by atoms with Crippen molar-refractivity contribution in [3.05, 3.63) is 93.7 Å². The predicted molar refractivity (Wildman–Crippen MR) is 116 cm³/mol. The van der Waals surface area contributed by atoms with Gasteiger partial charge in [0.2, 0.25) is 0 Å². The Morgan fingerprint density at radius 1 is 1.23 bits per heavy atom. The van der Waals surface area contributed by atoms with Crippen LogP contribution >= 0.6 is 11.8 Å². The quantitative estimate of drug-likeness (QED) is 0.259. The molecule has 31 heavy (non-hydrogen) atoms. The van der Waals surface area contributed by atoms with Gasteiger partial charge in [-0.2, -0.15) is 5.26 Å². The number of aromatic nitrogens is 2. The lowest BCUT2D eigenvalue weighted by Crippen LogP contribution is -2.24. The van der Waals surface area contributed by atoms with E-state index in [9.17, 15) is 14.9 Å². The molecule has 0 saturated heterocycles. The van der Waals surface area contributed by atoms with Crippen molar-refractivity contribution in [2.75, 3.05) is 7.11 Å². The van der Waals surface area contributed by atoms with Crippen LogP contribution in [0.3, 0.4) is 0 Å². The molecule has 154 valence electrons. The largest absolute Gasteiger partial charge is 0.467 e. The number of esters is 1. The zero-order chi connectivity index (χ0) is 21.8. The number of furan rings is 1. The second-order valence-corrected chi connectivity index (χ2v) is 7.59. The van der Waals surface area contributed by atoms with E-state index in [0.29, 0.717) is 38.7 Å². The minimum atomic E-state index is -0.499. The molecule has 0 atom stereocenters. The normalized spacial score (nSPS) is 10.7. The first kappa shape index (κ1) is 20.4. The van der Waals surface area contributed by atoms with Crippen molar-refractivity contribution in [2.24, 2.45) is 0 Å². The van der Waals surface area contributed by atoms with Crippen molar-refractivity contribution in [2.45, 2.75) is 17.5 Å². The van der Waals surface area contributed by atoms with E-state index >= 15 is 0 Å². The summed E-state index contributed by atoms with van der Waals surface area (Å²) in [6.45, 7) is 0.218. The topological polar surface area (TPSA) is 98.1 Å². The molecule has 0 fully saturated rings. The first-order chi connectivity index (χ1) is 15.1. The van der Waals surface area contributed by atoms with Crippen LogP contribution in [0.2, 0.25) is 0 Å².